The van der Waals surface area contributed by atoms with Crippen molar-refractivity contribution < 1.29 is 15.3 Å². The Morgan fingerprint density at radius 3 is 2.29 bits per heavy atom. The fraction of sp³-hybridized carbons (Fsp3) is 0.333. The predicted octanol–water partition coefficient (Wildman–Crippen LogP) is 1.26. The van der Waals surface area contributed by atoms with Crippen molar-refractivity contribution in [3.05, 3.63) is 17.7 Å². The molecule has 0 spiro atoms. The maximum absolute atomic E-state index is 9.46. The highest BCUT2D eigenvalue weighted by atomic mass is 35.5. The maximum Gasteiger partial charge on any atom is 0.200 e. The van der Waals surface area contributed by atoms with Crippen molar-refractivity contribution in [3.8, 4) is 17.2 Å². The van der Waals surface area contributed by atoms with E-state index in [-0.39, 0.29) is 29.9 Å². The highest BCUT2D eigenvalue weighted by Crippen LogP contribution is 2.41. The molecule has 0 radical (unpaired) electrons. The van der Waals surface area contributed by atoms with Gasteiger partial charge < -0.3 is 20.6 Å². The summed E-state index contributed by atoms with van der Waals surface area (Å²) in [5, 5.41) is 30.9. The van der Waals surface area contributed by atoms with Crippen LogP contribution in [-0.2, 0) is 0 Å². The van der Waals surface area contributed by atoms with Gasteiger partial charge in [-0.2, -0.15) is 0 Å². The summed E-state index contributed by atoms with van der Waals surface area (Å²) in [5.74, 6) is -0.955. The van der Waals surface area contributed by atoms with Gasteiger partial charge in [0.05, 0.1) is 0 Å². The first kappa shape index (κ1) is 10.9. The standard InChI is InChI=1S/C9H11NO3.ClH/c11-7-2-1-5(6-3-4-10-6)8(12)9(7)13;/h1-2,6,10-13H,3-4H2;1H/t6-;/m1./s1. The van der Waals surface area contributed by atoms with Gasteiger partial charge in [-0.25, -0.2) is 0 Å². The van der Waals surface area contributed by atoms with E-state index in [0.29, 0.717) is 5.56 Å². The van der Waals surface area contributed by atoms with Crippen LogP contribution in [0.1, 0.15) is 18.0 Å². The minimum atomic E-state index is -0.439. The van der Waals surface area contributed by atoms with Crippen molar-refractivity contribution in [2.24, 2.45) is 0 Å². The van der Waals surface area contributed by atoms with Crippen LogP contribution < -0.4 is 5.32 Å². The Bertz CT molecular complexity index is 339. The highest BCUT2D eigenvalue weighted by Gasteiger charge is 2.23. The van der Waals surface area contributed by atoms with Gasteiger partial charge >= 0.3 is 0 Å². The first-order valence-corrected chi connectivity index (χ1v) is 4.17. The molecule has 1 aliphatic rings. The molecule has 0 aromatic heterocycles. The molecule has 1 fully saturated rings. The van der Waals surface area contributed by atoms with E-state index in [4.69, 9.17) is 5.11 Å². The summed E-state index contributed by atoms with van der Waals surface area (Å²) in [6, 6.07) is 3.09. The zero-order chi connectivity index (χ0) is 9.42. The molecule has 1 aromatic rings. The molecule has 0 saturated carbocycles. The average Bonchev–Trinajstić information content (AvgIpc) is 2.03. The van der Waals surface area contributed by atoms with Crippen molar-refractivity contribution >= 4 is 12.4 Å². The quantitative estimate of drug-likeness (QED) is 0.535. The van der Waals surface area contributed by atoms with Gasteiger partial charge in [0.2, 0.25) is 5.75 Å². The third kappa shape index (κ3) is 1.58. The lowest BCUT2D eigenvalue weighted by Crippen LogP contribution is -2.34. The number of phenols is 3. The number of halogens is 1. The summed E-state index contributed by atoms with van der Waals surface area (Å²) in [4.78, 5) is 0. The van der Waals surface area contributed by atoms with Gasteiger partial charge in [0.15, 0.2) is 11.5 Å². The molecule has 0 bridgehead atoms. The van der Waals surface area contributed by atoms with Crippen LogP contribution in [0.3, 0.4) is 0 Å². The molecule has 0 amide bonds. The van der Waals surface area contributed by atoms with E-state index in [2.05, 4.69) is 5.32 Å². The van der Waals surface area contributed by atoms with Gasteiger partial charge in [-0.05, 0) is 25.1 Å². The second kappa shape index (κ2) is 3.94. The lowest BCUT2D eigenvalue weighted by atomic mass is 9.96. The summed E-state index contributed by atoms with van der Waals surface area (Å²) in [6.45, 7) is 0.922. The van der Waals surface area contributed by atoms with Gasteiger partial charge in [0.25, 0.3) is 0 Å². The van der Waals surface area contributed by atoms with Crippen molar-refractivity contribution in [2.45, 2.75) is 12.5 Å². The number of aromatic hydroxyl groups is 3. The number of hydrogen-bond donors (Lipinski definition) is 4. The molecule has 78 valence electrons. The van der Waals surface area contributed by atoms with Crippen LogP contribution in [0.25, 0.3) is 0 Å². The van der Waals surface area contributed by atoms with Crippen LogP contribution in [0.2, 0.25) is 0 Å². The largest absolute Gasteiger partial charge is 0.504 e. The first-order valence-electron chi connectivity index (χ1n) is 4.17. The van der Waals surface area contributed by atoms with Crippen LogP contribution >= 0.6 is 12.4 Å². The monoisotopic (exact) mass is 217 g/mol. The van der Waals surface area contributed by atoms with Crippen molar-refractivity contribution in [2.75, 3.05) is 6.54 Å². The minimum absolute atomic E-state index is 0. The second-order valence-electron chi connectivity index (χ2n) is 3.17. The molecule has 4 N–H and O–H groups in total. The number of benzene rings is 1. The molecule has 0 unspecified atom stereocenters. The van der Waals surface area contributed by atoms with Crippen LogP contribution in [0.4, 0.5) is 0 Å². The number of nitrogens with one attached hydrogen (secondary N) is 1. The number of rotatable bonds is 1. The van der Waals surface area contributed by atoms with Crippen LogP contribution in [-0.4, -0.2) is 21.9 Å². The molecule has 0 aliphatic carbocycles. The topological polar surface area (TPSA) is 72.7 Å². The lowest BCUT2D eigenvalue weighted by molar-refractivity contribution is 0.338. The third-order valence-corrected chi connectivity index (χ3v) is 2.36. The third-order valence-electron chi connectivity index (χ3n) is 2.36. The van der Waals surface area contributed by atoms with Gasteiger partial charge in [0, 0.05) is 11.6 Å². The van der Waals surface area contributed by atoms with Crippen LogP contribution in [0.15, 0.2) is 12.1 Å². The molecular weight excluding hydrogens is 206 g/mol. The van der Waals surface area contributed by atoms with Crippen molar-refractivity contribution in [1.82, 2.24) is 5.32 Å². The van der Waals surface area contributed by atoms with Crippen LogP contribution in [0, 0.1) is 0 Å². The second-order valence-corrected chi connectivity index (χ2v) is 3.17. The fourth-order valence-electron chi connectivity index (χ4n) is 1.42. The molecule has 5 heteroatoms. The van der Waals surface area contributed by atoms with E-state index in [1.54, 1.807) is 6.07 Å². The molecule has 1 saturated heterocycles. The summed E-state index contributed by atoms with van der Waals surface area (Å²) in [7, 11) is 0. The summed E-state index contributed by atoms with van der Waals surface area (Å²) < 4.78 is 0. The van der Waals surface area contributed by atoms with Crippen molar-refractivity contribution in [1.29, 1.82) is 0 Å². The highest BCUT2D eigenvalue weighted by molar-refractivity contribution is 5.85. The Morgan fingerprint density at radius 1 is 1.14 bits per heavy atom. The molecule has 1 heterocycles. The molecule has 1 atom stereocenters. The molecule has 1 aliphatic heterocycles. The van der Waals surface area contributed by atoms with E-state index in [0.717, 1.165) is 13.0 Å². The summed E-state index contributed by atoms with van der Waals surface area (Å²) >= 11 is 0. The minimum Gasteiger partial charge on any atom is -0.504 e. The molecule has 1 aromatic carbocycles. The van der Waals surface area contributed by atoms with Crippen LogP contribution in [0.5, 0.6) is 17.2 Å². The fourth-order valence-corrected chi connectivity index (χ4v) is 1.42. The van der Waals surface area contributed by atoms with E-state index < -0.39 is 5.75 Å². The summed E-state index contributed by atoms with van der Waals surface area (Å²) in [5.41, 5.74) is 0.640. The molecular formula is C9H12ClNO3. The first-order chi connectivity index (χ1) is 6.20. The smallest absolute Gasteiger partial charge is 0.200 e. The molecule has 2 rings (SSSR count). The zero-order valence-corrected chi connectivity index (χ0v) is 8.21. The Labute approximate surface area is 87.6 Å². The van der Waals surface area contributed by atoms with Gasteiger partial charge in [-0.3, -0.25) is 0 Å². The lowest BCUT2D eigenvalue weighted by Gasteiger charge is -2.28. The molecule has 4 nitrogen and oxygen atoms in total. The van der Waals surface area contributed by atoms with Gasteiger partial charge in [-0.1, -0.05) is 0 Å². The predicted molar refractivity (Wildman–Crippen MR) is 54.0 cm³/mol. The Morgan fingerprint density at radius 2 is 1.79 bits per heavy atom. The average molecular weight is 218 g/mol. The molecule has 14 heavy (non-hydrogen) atoms. The van der Waals surface area contributed by atoms with E-state index in [1.807, 2.05) is 0 Å². The Balaban J connectivity index is 0.000000980. The summed E-state index contributed by atoms with van der Waals surface area (Å²) in [6.07, 6.45) is 0.942. The zero-order valence-electron chi connectivity index (χ0n) is 7.40. The number of phenolic OH excluding ortho intramolecular Hbond substituents is 3. The van der Waals surface area contributed by atoms with Crippen molar-refractivity contribution in [3.63, 3.8) is 0 Å². The number of hydrogen-bond acceptors (Lipinski definition) is 4. The van der Waals surface area contributed by atoms with E-state index >= 15 is 0 Å². The van der Waals surface area contributed by atoms with Gasteiger partial charge in [0.1, 0.15) is 0 Å². The Kier molecular flexibility index (Phi) is 3.08. The van der Waals surface area contributed by atoms with E-state index in [1.165, 1.54) is 6.07 Å². The van der Waals surface area contributed by atoms with E-state index in [9.17, 15) is 10.2 Å². The Hall–Kier alpha value is -1.13. The van der Waals surface area contributed by atoms with Gasteiger partial charge in [-0.15, -0.1) is 12.4 Å². The normalized spacial score (nSPS) is 19.6. The maximum atomic E-state index is 9.46. The SMILES string of the molecule is Cl.Oc1ccc([C@H]2CCN2)c(O)c1O.